The zero-order chi connectivity index (χ0) is 21.2. The summed E-state index contributed by atoms with van der Waals surface area (Å²) >= 11 is 0. The Kier molecular flexibility index (Phi) is 32.1. The minimum absolute atomic E-state index is 0. The predicted octanol–water partition coefficient (Wildman–Crippen LogP) is 4.66. The van der Waals surface area contributed by atoms with Crippen molar-refractivity contribution in [2.45, 2.75) is 26.2 Å². The summed E-state index contributed by atoms with van der Waals surface area (Å²) in [6.07, 6.45) is 4.22. The summed E-state index contributed by atoms with van der Waals surface area (Å²) in [4.78, 5) is 0. The average molecular weight is 446 g/mol. The van der Waals surface area contributed by atoms with E-state index in [1.54, 1.807) is 7.11 Å². The van der Waals surface area contributed by atoms with E-state index in [1.165, 1.54) is 32.4 Å². The third-order valence-corrected chi connectivity index (χ3v) is 1.50. The second-order valence-corrected chi connectivity index (χ2v) is 3.87. The van der Waals surface area contributed by atoms with Gasteiger partial charge in [0.05, 0.1) is 0 Å². The molecule has 2 nitrogen and oxygen atoms in total. The molecule has 1 rings (SSSR count). The van der Waals surface area contributed by atoms with Crippen LogP contribution in [0.15, 0.2) is 0 Å². The van der Waals surface area contributed by atoms with E-state index in [9.17, 15) is 51.8 Å². The van der Waals surface area contributed by atoms with Crippen LogP contribution in [0, 0.1) is 0 Å². The average Bonchev–Trinajstić information content (AvgIpc) is 2.35. The van der Waals surface area contributed by atoms with Gasteiger partial charge in [0.25, 0.3) is 0 Å². The summed E-state index contributed by atoms with van der Waals surface area (Å²) < 4.78 is 122. The van der Waals surface area contributed by atoms with Gasteiger partial charge in [0.2, 0.25) is 0 Å². The molecule has 0 atom stereocenters. The molecule has 0 saturated carbocycles. The van der Waals surface area contributed by atoms with Crippen LogP contribution in [0.4, 0.5) is 51.8 Å². The standard InChI is InChI=1S/C5H11N.C3H8O.3BF4.K.H/c1-2-4-6-5-3-1;1-3-4-2;3*2-1(3,4)5;;/h6H,1-5H2;3H2,1-2H3;;;;;/q;;3*-1;;. The first-order valence-electron chi connectivity index (χ1n) is 6.73. The van der Waals surface area contributed by atoms with Crippen LogP contribution in [-0.4, -0.2) is 100.0 Å². The maximum absolute atomic E-state index is 9.75. The molecule has 160 valence electrons. The number of piperidine rings is 1. The van der Waals surface area contributed by atoms with Crippen molar-refractivity contribution in [3.05, 3.63) is 0 Å². The van der Waals surface area contributed by atoms with E-state index >= 15 is 0 Å². The molecule has 1 N–H and O–H groups in total. The second-order valence-electron chi connectivity index (χ2n) is 3.87. The molecular weight excluding hydrogens is 426 g/mol. The first-order chi connectivity index (χ1) is 10.9. The van der Waals surface area contributed by atoms with Crippen molar-refractivity contribution in [2.24, 2.45) is 0 Å². The monoisotopic (exact) mass is 446 g/mol. The number of nitrogens with one attached hydrogen (secondary N) is 1. The number of methoxy groups -OCH3 is 1. The Morgan fingerprint density at radius 2 is 0.846 bits per heavy atom. The fourth-order valence-electron chi connectivity index (χ4n) is 0.802. The number of halogens is 12. The number of hydrogen-bond donors (Lipinski definition) is 1. The number of hydrogen-bond acceptors (Lipinski definition) is 2. The predicted molar refractivity (Wildman–Crippen MR) is 82.0 cm³/mol. The fraction of sp³-hybridized carbons (Fsp3) is 1.00. The Balaban J connectivity index is -0.0000000705. The van der Waals surface area contributed by atoms with Crippen LogP contribution in [-0.2, 0) is 4.74 Å². The molecule has 0 aromatic rings. The van der Waals surface area contributed by atoms with Gasteiger partial charge in [-0.1, -0.05) is 6.42 Å². The molecule has 0 aliphatic carbocycles. The topological polar surface area (TPSA) is 21.3 Å². The Hall–Kier alpha value is 0.911. The molecule has 0 amide bonds. The van der Waals surface area contributed by atoms with Gasteiger partial charge < -0.3 is 61.8 Å². The van der Waals surface area contributed by atoms with Crippen LogP contribution in [0.1, 0.15) is 26.2 Å². The molecular formula is C8H20B3F12KNO-3. The molecule has 1 aliphatic heterocycles. The molecule has 0 spiro atoms. The van der Waals surface area contributed by atoms with Crippen molar-refractivity contribution in [1.29, 1.82) is 0 Å². The van der Waals surface area contributed by atoms with Crippen LogP contribution in [0.5, 0.6) is 0 Å². The minimum atomic E-state index is -6.00. The molecule has 0 aromatic carbocycles. The third-order valence-electron chi connectivity index (χ3n) is 1.50. The van der Waals surface area contributed by atoms with Gasteiger partial charge in [-0.2, -0.15) is 0 Å². The molecule has 0 radical (unpaired) electrons. The third kappa shape index (κ3) is 228. The Morgan fingerprint density at radius 3 is 0.885 bits per heavy atom. The van der Waals surface area contributed by atoms with Crippen LogP contribution in [0.2, 0.25) is 0 Å². The van der Waals surface area contributed by atoms with Crippen molar-refractivity contribution in [1.82, 2.24) is 5.32 Å². The molecule has 26 heavy (non-hydrogen) atoms. The number of rotatable bonds is 1. The first kappa shape index (κ1) is 37.6. The number of ether oxygens (including phenoxy) is 1. The summed E-state index contributed by atoms with van der Waals surface area (Å²) in [6.45, 7) is 5.28. The van der Waals surface area contributed by atoms with Crippen LogP contribution < -0.4 is 5.32 Å². The van der Waals surface area contributed by atoms with E-state index in [2.05, 4.69) is 10.1 Å². The van der Waals surface area contributed by atoms with Gasteiger partial charge in [-0.15, -0.1) is 0 Å². The molecule has 1 aliphatic rings. The van der Waals surface area contributed by atoms with E-state index in [0.29, 0.717) is 0 Å². The van der Waals surface area contributed by atoms with Gasteiger partial charge in [-0.3, -0.25) is 0 Å². The summed E-state index contributed by atoms with van der Waals surface area (Å²) in [5, 5.41) is 3.28. The molecule has 1 heterocycles. The Labute approximate surface area is 186 Å². The molecule has 0 unspecified atom stereocenters. The zero-order valence-corrected chi connectivity index (χ0v) is 13.4. The molecule has 0 aromatic heterocycles. The van der Waals surface area contributed by atoms with Crippen LogP contribution in [0.25, 0.3) is 0 Å². The summed E-state index contributed by atoms with van der Waals surface area (Å²) in [7, 11) is -16.3. The van der Waals surface area contributed by atoms with Crippen molar-refractivity contribution in [2.75, 3.05) is 26.8 Å². The van der Waals surface area contributed by atoms with Gasteiger partial charge in [-0.05, 0) is 32.9 Å². The van der Waals surface area contributed by atoms with E-state index in [-0.39, 0.29) is 51.4 Å². The van der Waals surface area contributed by atoms with E-state index in [1.807, 2.05) is 6.92 Å². The van der Waals surface area contributed by atoms with Gasteiger partial charge >= 0.3 is 73.1 Å². The van der Waals surface area contributed by atoms with Crippen molar-refractivity contribution >= 4 is 73.1 Å². The van der Waals surface area contributed by atoms with E-state index in [4.69, 9.17) is 0 Å². The second kappa shape index (κ2) is 22.2. The quantitative estimate of drug-likeness (QED) is 0.468. The summed E-state index contributed by atoms with van der Waals surface area (Å²) in [5.41, 5.74) is 0. The first-order valence-corrected chi connectivity index (χ1v) is 6.73. The van der Waals surface area contributed by atoms with Crippen molar-refractivity contribution in [3.63, 3.8) is 0 Å². The van der Waals surface area contributed by atoms with Crippen molar-refractivity contribution in [3.8, 4) is 0 Å². The van der Waals surface area contributed by atoms with Gasteiger partial charge in [0, 0.05) is 13.7 Å². The summed E-state index contributed by atoms with van der Waals surface area (Å²) in [5.74, 6) is 0. The molecule has 1 fully saturated rings. The Morgan fingerprint density at radius 1 is 0.654 bits per heavy atom. The maximum atomic E-state index is 9.75. The fourth-order valence-corrected chi connectivity index (χ4v) is 0.802. The van der Waals surface area contributed by atoms with Gasteiger partial charge in [0.15, 0.2) is 0 Å². The molecule has 18 heteroatoms. The molecule has 1 saturated heterocycles. The normalized spacial score (nSPS) is 13.6. The van der Waals surface area contributed by atoms with Gasteiger partial charge in [0.1, 0.15) is 0 Å². The van der Waals surface area contributed by atoms with E-state index < -0.39 is 21.8 Å². The van der Waals surface area contributed by atoms with Crippen LogP contribution >= 0.6 is 0 Å². The zero-order valence-electron chi connectivity index (χ0n) is 13.4. The Bertz CT molecular complexity index is 202. The van der Waals surface area contributed by atoms with E-state index in [0.717, 1.165) is 6.61 Å². The van der Waals surface area contributed by atoms with Gasteiger partial charge in [-0.25, -0.2) is 0 Å². The SMILES string of the molecule is C1CCNCC1.CCOC.F[B-](F)(F)F.F[B-](F)(F)F.F[B-](F)(F)F.[KH]. The van der Waals surface area contributed by atoms with Crippen LogP contribution in [0.3, 0.4) is 0 Å². The molecule has 0 bridgehead atoms. The summed E-state index contributed by atoms with van der Waals surface area (Å²) in [6, 6.07) is 0. The van der Waals surface area contributed by atoms with Crippen molar-refractivity contribution < 1.29 is 56.5 Å².